The number of esters is 1. The van der Waals surface area contributed by atoms with Crippen LogP contribution in [0, 0.1) is 5.82 Å². The zero-order chi connectivity index (χ0) is 31.8. The van der Waals surface area contributed by atoms with Gasteiger partial charge in [0.05, 0.1) is 37.1 Å². The normalized spacial score (nSPS) is 11.0. The molecule has 5 rings (SSSR count). The van der Waals surface area contributed by atoms with Crippen LogP contribution < -0.4 is 24.4 Å². The second-order valence-corrected chi connectivity index (χ2v) is 9.66. The van der Waals surface area contributed by atoms with Gasteiger partial charge in [-0.3, -0.25) is 4.79 Å². The van der Waals surface area contributed by atoms with E-state index in [1.165, 1.54) is 12.3 Å². The average Bonchev–Trinajstić information content (AvgIpc) is 3.45. The molecule has 0 aliphatic heterocycles. The van der Waals surface area contributed by atoms with Gasteiger partial charge >= 0.3 is 5.97 Å². The topological polar surface area (TPSA) is 111 Å². The van der Waals surface area contributed by atoms with E-state index in [2.05, 4.69) is 15.5 Å². The van der Waals surface area contributed by atoms with Crippen LogP contribution in [0.1, 0.15) is 47.2 Å². The summed E-state index contributed by atoms with van der Waals surface area (Å²) in [6, 6.07) is 23.7. The number of aromatic amines is 1. The first kappa shape index (κ1) is 30.8. The van der Waals surface area contributed by atoms with Gasteiger partial charge in [0, 0.05) is 10.9 Å². The van der Waals surface area contributed by atoms with Crippen LogP contribution in [0.3, 0.4) is 0 Å². The van der Waals surface area contributed by atoms with Crippen molar-refractivity contribution in [2.75, 3.05) is 19.8 Å². The van der Waals surface area contributed by atoms with E-state index < -0.39 is 17.7 Å². The number of benzene rings is 4. The predicted molar refractivity (Wildman–Crippen MR) is 170 cm³/mol. The van der Waals surface area contributed by atoms with Gasteiger partial charge in [0.15, 0.2) is 23.0 Å². The number of rotatable bonds is 12. The summed E-state index contributed by atoms with van der Waals surface area (Å²) in [5, 5.41) is 4.69. The van der Waals surface area contributed by atoms with Crippen LogP contribution in [-0.2, 0) is 0 Å². The fourth-order valence-electron chi connectivity index (χ4n) is 4.77. The minimum absolute atomic E-state index is 0.178. The lowest BCUT2D eigenvalue weighted by molar-refractivity contribution is 0.0727. The van der Waals surface area contributed by atoms with Crippen molar-refractivity contribution < 1.29 is 32.9 Å². The highest BCUT2D eigenvalue weighted by Crippen LogP contribution is 2.34. The molecular formula is C35H32FN3O6. The zero-order valence-corrected chi connectivity index (χ0v) is 25.1. The van der Waals surface area contributed by atoms with Crippen molar-refractivity contribution in [1.82, 2.24) is 10.4 Å². The molecule has 1 aromatic heterocycles. The van der Waals surface area contributed by atoms with Gasteiger partial charge in [-0.1, -0.05) is 42.5 Å². The first-order valence-corrected chi connectivity index (χ1v) is 14.5. The Morgan fingerprint density at radius 1 is 0.800 bits per heavy atom. The van der Waals surface area contributed by atoms with Crippen molar-refractivity contribution in [3.63, 3.8) is 0 Å². The predicted octanol–water partition coefficient (Wildman–Crippen LogP) is 7.15. The van der Waals surface area contributed by atoms with Gasteiger partial charge in [0.25, 0.3) is 5.91 Å². The average molecular weight is 610 g/mol. The Morgan fingerprint density at radius 2 is 1.49 bits per heavy atom. The summed E-state index contributed by atoms with van der Waals surface area (Å²) in [4.78, 5) is 29.2. The van der Waals surface area contributed by atoms with Crippen LogP contribution in [0.25, 0.3) is 22.0 Å². The van der Waals surface area contributed by atoms with E-state index in [9.17, 15) is 14.0 Å². The number of aromatic nitrogens is 1. The Bertz CT molecular complexity index is 1850. The SMILES string of the molecule is CCOc1ccc(C(=O)Oc2ccc(C=NNC(=O)c3[nH]c4c(F)cccc4c3-c3ccccc3)cc2OCC)cc1OCC. The number of ether oxygens (including phenoxy) is 4. The van der Waals surface area contributed by atoms with Crippen molar-refractivity contribution in [3.8, 4) is 34.1 Å². The lowest BCUT2D eigenvalue weighted by Gasteiger charge is -2.13. The second-order valence-electron chi connectivity index (χ2n) is 9.66. The Kier molecular flexibility index (Phi) is 9.74. The summed E-state index contributed by atoms with van der Waals surface area (Å²) in [6.07, 6.45) is 1.43. The molecule has 0 bridgehead atoms. The highest BCUT2D eigenvalue weighted by molar-refractivity contribution is 6.10. The van der Waals surface area contributed by atoms with E-state index in [-0.39, 0.29) is 22.5 Å². The summed E-state index contributed by atoms with van der Waals surface area (Å²) >= 11 is 0. The molecule has 45 heavy (non-hydrogen) atoms. The summed E-state index contributed by atoms with van der Waals surface area (Å²) in [6.45, 7) is 6.70. The molecule has 10 heteroatoms. The molecule has 230 valence electrons. The van der Waals surface area contributed by atoms with E-state index in [1.807, 2.05) is 44.2 Å². The number of carbonyl (C=O) groups excluding carboxylic acids is 2. The van der Waals surface area contributed by atoms with E-state index in [1.54, 1.807) is 55.5 Å². The van der Waals surface area contributed by atoms with Gasteiger partial charge < -0.3 is 23.9 Å². The molecule has 0 atom stereocenters. The molecule has 0 saturated carbocycles. The minimum Gasteiger partial charge on any atom is -0.490 e. The number of hydrazone groups is 1. The molecule has 0 aliphatic rings. The number of fused-ring (bicyclic) bond motifs is 1. The van der Waals surface area contributed by atoms with Crippen molar-refractivity contribution in [3.05, 3.63) is 108 Å². The number of carbonyl (C=O) groups is 2. The van der Waals surface area contributed by atoms with Crippen molar-refractivity contribution in [2.24, 2.45) is 5.10 Å². The summed E-state index contributed by atoms with van der Waals surface area (Å²) in [5.41, 5.74) is 5.11. The fraction of sp³-hybridized carbons (Fsp3) is 0.171. The first-order chi connectivity index (χ1) is 21.9. The number of H-pyrrole nitrogens is 1. The van der Waals surface area contributed by atoms with Gasteiger partial charge in [-0.2, -0.15) is 5.10 Å². The van der Waals surface area contributed by atoms with E-state index in [0.29, 0.717) is 53.6 Å². The molecule has 0 radical (unpaired) electrons. The molecule has 4 aromatic carbocycles. The zero-order valence-electron chi connectivity index (χ0n) is 25.1. The third kappa shape index (κ3) is 6.96. The molecule has 0 saturated heterocycles. The monoisotopic (exact) mass is 609 g/mol. The highest BCUT2D eigenvalue weighted by Gasteiger charge is 2.21. The summed E-state index contributed by atoms with van der Waals surface area (Å²) < 4.78 is 37.2. The number of nitrogens with zero attached hydrogens (tertiary/aromatic N) is 1. The van der Waals surface area contributed by atoms with Gasteiger partial charge in [0.1, 0.15) is 11.5 Å². The van der Waals surface area contributed by atoms with Gasteiger partial charge in [0.2, 0.25) is 0 Å². The molecular weight excluding hydrogens is 577 g/mol. The summed E-state index contributed by atoms with van der Waals surface area (Å²) in [5.74, 6) is -0.100. The molecule has 5 aromatic rings. The smallest absolute Gasteiger partial charge is 0.343 e. The van der Waals surface area contributed by atoms with Crippen LogP contribution in [0.2, 0.25) is 0 Å². The Labute approximate surface area is 259 Å². The molecule has 9 nitrogen and oxygen atoms in total. The molecule has 0 fully saturated rings. The summed E-state index contributed by atoms with van der Waals surface area (Å²) in [7, 11) is 0. The first-order valence-electron chi connectivity index (χ1n) is 14.5. The third-order valence-electron chi connectivity index (χ3n) is 6.70. The quantitative estimate of drug-likeness (QED) is 0.0673. The maximum Gasteiger partial charge on any atom is 0.343 e. The minimum atomic E-state index is -0.599. The van der Waals surface area contributed by atoms with Gasteiger partial charge in [-0.15, -0.1) is 0 Å². The molecule has 1 amide bonds. The third-order valence-corrected chi connectivity index (χ3v) is 6.70. The van der Waals surface area contributed by atoms with Gasteiger partial charge in [-0.05, 0) is 74.4 Å². The van der Waals surface area contributed by atoms with Crippen molar-refractivity contribution in [1.29, 1.82) is 0 Å². The molecule has 0 aliphatic carbocycles. The largest absolute Gasteiger partial charge is 0.490 e. The fourth-order valence-corrected chi connectivity index (χ4v) is 4.77. The van der Waals surface area contributed by atoms with Crippen LogP contribution >= 0.6 is 0 Å². The maximum atomic E-state index is 14.6. The van der Waals surface area contributed by atoms with Crippen LogP contribution in [-0.4, -0.2) is 42.9 Å². The maximum absolute atomic E-state index is 14.6. The second kappa shape index (κ2) is 14.2. The van der Waals surface area contributed by atoms with E-state index in [4.69, 9.17) is 18.9 Å². The van der Waals surface area contributed by atoms with Crippen LogP contribution in [0.4, 0.5) is 4.39 Å². The van der Waals surface area contributed by atoms with Crippen molar-refractivity contribution in [2.45, 2.75) is 20.8 Å². The molecule has 1 heterocycles. The number of amides is 1. The molecule has 0 spiro atoms. The van der Waals surface area contributed by atoms with Gasteiger partial charge in [-0.25, -0.2) is 14.6 Å². The van der Waals surface area contributed by atoms with Crippen LogP contribution in [0.5, 0.6) is 23.0 Å². The number of para-hydroxylation sites is 1. The Balaban J connectivity index is 1.34. The highest BCUT2D eigenvalue weighted by atomic mass is 19.1. The Morgan fingerprint density at radius 3 is 2.22 bits per heavy atom. The lowest BCUT2D eigenvalue weighted by Crippen LogP contribution is -2.19. The lowest BCUT2D eigenvalue weighted by atomic mass is 10.0. The Hall–Kier alpha value is -5.64. The van der Waals surface area contributed by atoms with E-state index in [0.717, 1.165) is 5.56 Å². The number of hydrogen-bond donors (Lipinski definition) is 2. The van der Waals surface area contributed by atoms with E-state index >= 15 is 0 Å². The number of halogens is 1. The molecule has 0 unspecified atom stereocenters. The molecule has 2 N–H and O–H groups in total. The number of nitrogens with one attached hydrogen (secondary N) is 2. The van der Waals surface area contributed by atoms with Crippen molar-refractivity contribution >= 4 is 29.0 Å². The van der Waals surface area contributed by atoms with Crippen LogP contribution in [0.15, 0.2) is 90.0 Å². The number of hydrogen-bond acceptors (Lipinski definition) is 7. The standard InChI is InChI=1S/C35H32FN3O6/c1-4-42-27-18-16-24(20-30(27)44-6-3)35(41)45-28-17-15-22(19-29(28)43-5-2)21-37-39-34(40)33-31(23-11-8-7-9-12-23)25-13-10-14-26(36)32(25)38-33/h7-21,38H,4-6H2,1-3H3,(H,39,40).